The third-order valence-corrected chi connectivity index (χ3v) is 4.48. The van der Waals surface area contributed by atoms with E-state index in [9.17, 15) is 4.79 Å². The molecule has 4 nitrogen and oxygen atoms in total. The number of carbonyl (C=O) groups is 1. The largest absolute Gasteiger partial charge is 0.398 e. The number of fused-ring (bicyclic) bond motifs is 3. The van der Waals surface area contributed by atoms with Gasteiger partial charge in [-0.25, -0.2) is 0 Å². The van der Waals surface area contributed by atoms with Crippen LogP contribution in [0.25, 0.3) is 10.8 Å². The topological polar surface area (TPSA) is 55.6 Å². The van der Waals surface area contributed by atoms with Crippen molar-refractivity contribution >= 4 is 22.4 Å². The maximum absolute atomic E-state index is 12.8. The Morgan fingerprint density at radius 3 is 2.38 bits per heavy atom. The number of amides is 1. The number of nitrogens with zero attached hydrogens (tertiary/aromatic N) is 1. The van der Waals surface area contributed by atoms with Crippen molar-refractivity contribution in [2.75, 3.05) is 18.8 Å². The second-order valence-electron chi connectivity index (χ2n) is 5.95. The number of nitrogen functional groups attached to an aromatic ring is 1. The van der Waals surface area contributed by atoms with Gasteiger partial charge in [-0.1, -0.05) is 24.3 Å². The molecule has 4 rings (SSSR count). The van der Waals surface area contributed by atoms with Gasteiger partial charge in [0.2, 0.25) is 0 Å². The molecule has 108 valence electrons. The summed E-state index contributed by atoms with van der Waals surface area (Å²) >= 11 is 0. The number of likely N-dealkylation sites (tertiary alicyclic amines) is 1. The minimum Gasteiger partial charge on any atom is -0.398 e. The minimum atomic E-state index is 0.0263. The van der Waals surface area contributed by atoms with Crippen molar-refractivity contribution in [3.05, 3.63) is 42.0 Å². The lowest BCUT2D eigenvalue weighted by Gasteiger charge is -2.32. The molecule has 2 fully saturated rings. The van der Waals surface area contributed by atoms with Gasteiger partial charge in [0.05, 0.1) is 17.8 Å². The van der Waals surface area contributed by atoms with E-state index in [2.05, 4.69) is 0 Å². The third kappa shape index (κ3) is 2.16. The summed E-state index contributed by atoms with van der Waals surface area (Å²) in [5, 5.41) is 2.11. The van der Waals surface area contributed by atoms with E-state index >= 15 is 0 Å². The second kappa shape index (κ2) is 4.74. The Balaban J connectivity index is 1.69. The molecule has 2 bridgehead atoms. The molecule has 0 aromatic heterocycles. The highest BCUT2D eigenvalue weighted by atomic mass is 16.5. The number of carbonyl (C=O) groups excluding carboxylic acids is 1. The predicted molar refractivity (Wildman–Crippen MR) is 82.2 cm³/mol. The number of ether oxygens (including phenoxy) is 1. The van der Waals surface area contributed by atoms with Crippen LogP contribution in [-0.2, 0) is 4.74 Å². The van der Waals surface area contributed by atoms with Gasteiger partial charge in [-0.15, -0.1) is 0 Å². The molecular weight excluding hydrogens is 264 g/mol. The summed E-state index contributed by atoms with van der Waals surface area (Å²) in [4.78, 5) is 14.7. The van der Waals surface area contributed by atoms with Gasteiger partial charge < -0.3 is 15.4 Å². The third-order valence-electron chi connectivity index (χ3n) is 4.48. The van der Waals surface area contributed by atoms with Gasteiger partial charge in [0.1, 0.15) is 0 Å². The van der Waals surface area contributed by atoms with E-state index in [0.717, 1.165) is 23.6 Å². The smallest absolute Gasteiger partial charge is 0.256 e. The Hall–Kier alpha value is -2.07. The molecule has 4 heteroatoms. The van der Waals surface area contributed by atoms with Crippen LogP contribution in [-0.4, -0.2) is 36.1 Å². The maximum Gasteiger partial charge on any atom is 0.256 e. The first kappa shape index (κ1) is 12.7. The molecule has 2 saturated heterocycles. The van der Waals surface area contributed by atoms with Crippen LogP contribution >= 0.6 is 0 Å². The lowest BCUT2D eigenvalue weighted by Crippen LogP contribution is -2.46. The quantitative estimate of drug-likeness (QED) is 0.817. The Kier molecular flexibility index (Phi) is 2.86. The van der Waals surface area contributed by atoms with E-state index in [1.165, 1.54) is 0 Å². The fourth-order valence-electron chi connectivity index (χ4n) is 3.39. The lowest BCUT2D eigenvalue weighted by molar-refractivity contribution is -0.0303. The SMILES string of the molecule is Nc1cc2ccccc2cc1C(=O)N1CC2CCC(C1)O2. The summed E-state index contributed by atoms with van der Waals surface area (Å²) in [5.74, 6) is 0.0263. The number of nitrogens with two attached hydrogens (primary N) is 1. The van der Waals surface area contributed by atoms with E-state index in [1.54, 1.807) is 0 Å². The molecular formula is C17H18N2O2. The molecule has 2 heterocycles. The van der Waals surface area contributed by atoms with Crippen LogP contribution in [0, 0.1) is 0 Å². The number of rotatable bonds is 1. The molecule has 0 aliphatic carbocycles. The number of hydrogen-bond acceptors (Lipinski definition) is 3. The van der Waals surface area contributed by atoms with E-state index in [4.69, 9.17) is 10.5 Å². The van der Waals surface area contributed by atoms with Gasteiger partial charge >= 0.3 is 0 Å². The van der Waals surface area contributed by atoms with Gasteiger partial charge in [-0.05, 0) is 35.7 Å². The first-order valence-electron chi connectivity index (χ1n) is 7.44. The van der Waals surface area contributed by atoms with Crippen molar-refractivity contribution in [3.63, 3.8) is 0 Å². The summed E-state index contributed by atoms with van der Waals surface area (Å²) in [6, 6.07) is 11.8. The molecule has 1 amide bonds. The highest BCUT2D eigenvalue weighted by molar-refractivity contribution is 6.04. The number of anilines is 1. The van der Waals surface area contributed by atoms with Crippen LogP contribution < -0.4 is 5.73 Å². The zero-order valence-electron chi connectivity index (χ0n) is 11.8. The van der Waals surface area contributed by atoms with Crippen LogP contribution in [0.3, 0.4) is 0 Å². The Bertz CT molecular complexity index is 701. The number of hydrogen-bond donors (Lipinski definition) is 1. The van der Waals surface area contributed by atoms with Crippen LogP contribution in [0.5, 0.6) is 0 Å². The maximum atomic E-state index is 12.8. The van der Waals surface area contributed by atoms with Crippen molar-refractivity contribution < 1.29 is 9.53 Å². The molecule has 2 aliphatic heterocycles. The Labute approximate surface area is 123 Å². The standard InChI is InChI=1S/C17H18N2O2/c18-16-8-12-4-2-1-3-11(12)7-15(16)17(20)19-9-13-5-6-14(10-19)21-13/h1-4,7-8,13-14H,5-6,9-10,18H2. The molecule has 2 aromatic carbocycles. The number of morpholine rings is 1. The van der Waals surface area contributed by atoms with Crippen molar-refractivity contribution in [2.24, 2.45) is 0 Å². The normalized spacial score (nSPS) is 24.5. The summed E-state index contributed by atoms with van der Waals surface area (Å²) in [6.07, 6.45) is 2.52. The van der Waals surface area contributed by atoms with Crippen LogP contribution in [0.15, 0.2) is 36.4 Å². The molecule has 2 aromatic rings. The first-order valence-corrected chi connectivity index (χ1v) is 7.44. The molecule has 0 spiro atoms. The molecule has 0 saturated carbocycles. The number of benzene rings is 2. The van der Waals surface area contributed by atoms with Crippen molar-refractivity contribution in [2.45, 2.75) is 25.0 Å². The van der Waals surface area contributed by atoms with E-state index in [0.29, 0.717) is 24.3 Å². The lowest BCUT2D eigenvalue weighted by atomic mass is 10.0. The molecule has 2 unspecified atom stereocenters. The molecule has 0 radical (unpaired) electrons. The van der Waals surface area contributed by atoms with E-state index in [1.807, 2.05) is 41.3 Å². The molecule has 2 aliphatic rings. The van der Waals surface area contributed by atoms with Crippen molar-refractivity contribution in [1.29, 1.82) is 0 Å². The average Bonchev–Trinajstić information content (AvgIpc) is 2.84. The fraction of sp³-hybridized carbons (Fsp3) is 0.353. The monoisotopic (exact) mass is 282 g/mol. The van der Waals surface area contributed by atoms with Crippen LogP contribution in [0.4, 0.5) is 5.69 Å². The summed E-state index contributed by atoms with van der Waals surface area (Å²) < 4.78 is 5.79. The van der Waals surface area contributed by atoms with Gasteiger partial charge in [-0.2, -0.15) is 0 Å². The van der Waals surface area contributed by atoms with Gasteiger partial charge in [-0.3, -0.25) is 4.79 Å². The first-order chi connectivity index (χ1) is 10.2. The molecule has 2 N–H and O–H groups in total. The molecule has 21 heavy (non-hydrogen) atoms. The fourth-order valence-corrected chi connectivity index (χ4v) is 3.39. The highest BCUT2D eigenvalue weighted by Gasteiger charge is 2.36. The van der Waals surface area contributed by atoms with Gasteiger partial charge in [0, 0.05) is 18.8 Å². The van der Waals surface area contributed by atoms with E-state index in [-0.39, 0.29) is 18.1 Å². The van der Waals surface area contributed by atoms with Crippen molar-refractivity contribution in [3.8, 4) is 0 Å². The highest BCUT2D eigenvalue weighted by Crippen LogP contribution is 2.29. The zero-order valence-corrected chi connectivity index (χ0v) is 11.8. The Morgan fingerprint density at radius 1 is 1.10 bits per heavy atom. The summed E-state index contributed by atoms with van der Waals surface area (Å²) in [7, 11) is 0. The van der Waals surface area contributed by atoms with Gasteiger partial charge in [0.15, 0.2) is 0 Å². The summed E-state index contributed by atoms with van der Waals surface area (Å²) in [5.41, 5.74) is 7.26. The molecule has 2 atom stereocenters. The second-order valence-corrected chi connectivity index (χ2v) is 5.95. The van der Waals surface area contributed by atoms with Gasteiger partial charge in [0.25, 0.3) is 5.91 Å². The van der Waals surface area contributed by atoms with Crippen LogP contribution in [0.1, 0.15) is 23.2 Å². The van der Waals surface area contributed by atoms with E-state index < -0.39 is 0 Å². The Morgan fingerprint density at radius 2 is 1.71 bits per heavy atom. The zero-order chi connectivity index (χ0) is 14.4. The minimum absolute atomic E-state index is 0.0263. The van der Waals surface area contributed by atoms with Crippen LogP contribution in [0.2, 0.25) is 0 Å². The average molecular weight is 282 g/mol. The predicted octanol–water partition coefficient (Wildman–Crippen LogP) is 2.43. The van der Waals surface area contributed by atoms with Crippen molar-refractivity contribution in [1.82, 2.24) is 4.90 Å². The summed E-state index contributed by atoms with van der Waals surface area (Å²) in [6.45, 7) is 1.36.